The second-order valence-electron chi connectivity index (χ2n) is 2.25. The Kier molecular flexibility index (Phi) is 3.48. The van der Waals surface area contributed by atoms with Gasteiger partial charge >= 0.3 is 0 Å². The van der Waals surface area contributed by atoms with E-state index in [2.05, 4.69) is 20.9 Å². The van der Waals surface area contributed by atoms with Gasteiger partial charge in [0.1, 0.15) is 5.01 Å². The van der Waals surface area contributed by atoms with Crippen molar-refractivity contribution in [2.45, 2.75) is 11.8 Å². The summed E-state index contributed by atoms with van der Waals surface area (Å²) in [5.41, 5.74) is 1.07. The van der Waals surface area contributed by atoms with Crippen molar-refractivity contribution in [2.24, 2.45) is 0 Å². The normalized spacial score (nSPS) is 13.4. The molecule has 11 heavy (non-hydrogen) atoms. The molecule has 0 fully saturated rings. The number of hydrogen-bond donors (Lipinski definition) is 0. The van der Waals surface area contributed by atoms with E-state index >= 15 is 0 Å². The number of aromatic nitrogens is 1. The minimum absolute atomic E-state index is 0.242. The van der Waals surface area contributed by atoms with Gasteiger partial charge in [-0.1, -0.05) is 15.9 Å². The standard InChI is InChI=1S/C7H10BrNOS/c1-5-4-11-7(9-5)6(8)3-10-2/h4,6H,3H2,1-2H3. The Hall–Kier alpha value is 0.0700. The van der Waals surface area contributed by atoms with Crippen molar-refractivity contribution < 1.29 is 4.74 Å². The van der Waals surface area contributed by atoms with Crippen molar-refractivity contribution in [2.75, 3.05) is 13.7 Å². The second kappa shape index (κ2) is 4.18. The highest BCUT2D eigenvalue weighted by molar-refractivity contribution is 9.09. The molecular weight excluding hydrogens is 226 g/mol. The monoisotopic (exact) mass is 235 g/mol. The SMILES string of the molecule is COCC(Br)c1nc(C)cs1. The fourth-order valence-corrected chi connectivity index (χ4v) is 2.18. The average molecular weight is 236 g/mol. The maximum atomic E-state index is 4.99. The molecule has 0 radical (unpaired) electrons. The summed E-state index contributed by atoms with van der Waals surface area (Å²) in [6.07, 6.45) is 0. The summed E-state index contributed by atoms with van der Waals surface area (Å²) in [5.74, 6) is 0. The third-order valence-electron chi connectivity index (χ3n) is 1.22. The Morgan fingerprint density at radius 3 is 3.00 bits per heavy atom. The lowest BCUT2D eigenvalue weighted by atomic mass is 10.5. The van der Waals surface area contributed by atoms with Crippen LogP contribution in [0.2, 0.25) is 0 Å². The van der Waals surface area contributed by atoms with Gasteiger partial charge in [0.2, 0.25) is 0 Å². The molecule has 0 saturated heterocycles. The van der Waals surface area contributed by atoms with Gasteiger partial charge in [-0.15, -0.1) is 11.3 Å². The molecule has 1 rings (SSSR count). The third-order valence-corrected chi connectivity index (χ3v) is 3.30. The van der Waals surface area contributed by atoms with Gasteiger partial charge in [0, 0.05) is 18.2 Å². The van der Waals surface area contributed by atoms with Gasteiger partial charge in [0.25, 0.3) is 0 Å². The zero-order valence-electron chi connectivity index (χ0n) is 6.50. The molecule has 0 bridgehead atoms. The number of aryl methyl sites for hydroxylation is 1. The fraction of sp³-hybridized carbons (Fsp3) is 0.571. The summed E-state index contributed by atoms with van der Waals surface area (Å²) in [7, 11) is 1.69. The molecular formula is C7H10BrNOS. The number of alkyl halides is 1. The van der Waals surface area contributed by atoms with Crippen LogP contribution in [0.15, 0.2) is 5.38 Å². The summed E-state index contributed by atoms with van der Waals surface area (Å²) in [6.45, 7) is 2.67. The molecule has 0 aromatic carbocycles. The van der Waals surface area contributed by atoms with Crippen LogP contribution in [0, 0.1) is 6.92 Å². The van der Waals surface area contributed by atoms with Crippen LogP contribution in [0.25, 0.3) is 0 Å². The van der Waals surface area contributed by atoms with E-state index in [0.717, 1.165) is 10.7 Å². The predicted octanol–water partition coefficient (Wildman–Crippen LogP) is 2.53. The molecule has 0 amide bonds. The zero-order valence-corrected chi connectivity index (χ0v) is 8.91. The van der Waals surface area contributed by atoms with Crippen molar-refractivity contribution >= 4 is 27.3 Å². The Balaban J connectivity index is 2.60. The minimum atomic E-state index is 0.242. The van der Waals surface area contributed by atoms with E-state index in [9.17, 15) is 0 Å². The van der Waals surface area contributed by atoms with Gasteiger partial charge in [-0.3, -0.25) is 0 Å². The van der Waals surface area contributed by atoms with Gasteiger partial charge in [-0.05, 0) is 6.92 Å². The fourth-order valence-electron chi connectivity index (χ4n) is 0.734. The van der Waals surface area contributed by atoms with Gasteiger partial charge in [0.05, 0.1) is 11.4 Å². The molecule has 2 nitrogen and oxygen atoms in total. The van der Waals surface area contributed by atoms with Crippen LogP contribution >= 0.6 is 27.3 Å². The van der Waals surface area contributed by atoms with E-state index in [0.29, 0.717) is 6.61 Å². The lowest BCUT2D eigenvalue weighted by Gasteiger charge is -2.02. The number of halogens is 1. The first kappa shape index (κ1) is 9.16. The van der Waals surface area contributed by atoms with Crippen molar-refractivity contribution in [1.29, 1.82) is 0 Å². The van der Waals surface area contributed by atoms with Crippen molar-refractivity contribution in [1.82, 2.24) is 4.98 Å². The molecule has 62 valence electrons. The summed E-state index contributed by atoms with van der Waals surface area (Å²) in [5, 5.41) is 3.13. The highest BCUT2D eigenvalue weighted by atomic mass is 79.9. The van der Waals surface area contributed by atoms with Gasteiger partial charge in [-0.25, -0.2) is 4.98 Å². The summed E-state index contributed by atoms with van der Waals surface area (Å²) >= 11 is 5.14. The van der Waals surface area contributed by atoms with Gasteiger partial charge < -0.3 is 4.74 Å². The van der Waals surface area contributed by atoms with E-state index < -0.39 is 0 Å². The molecule has 0 N–H and O–H groups in total. The highest BCUT2D eigenvalue weighted by Gasteiger charge is 2.09. The molecule has 0 saturated carbocycles. The highest BCUT2D eigenvalue weighted by Crippen LogP contribution is 2.25. The van der Waals surface area contributed by atoms with Crippen LogP contribution < -0.4 is 0 Å². The molecule has 0 aliphatic carbocycles. The van der Waals surface area contributed by atoms with Crippen molar-refractivity contribution in [3.8, 4) is 0 Å². The molecule has 1 unspecified atom stereocenters. The first-order chi connectivity index (χ1) is 5.24. The van der Waals surface area contributed by atoms with Crippen LogP contribution in [-0.4, -0.2) is 18.7 Å². The Labute approximate surface area is 78.7 Å². The molecule has 1 heterocycles. The number of nitrogens with zero attached hydrogens (tertiary/aromatic N) is 1. The van der Waals surface area contributed by atoms with E-state index in [1.807, 2.05) is 12.3 Å². The molecule has 1 aromatic heterocycles. The maximum absolute atomic E-state index is 4.99. The van der Waals surface area contributed by atoms with Crippen LogP contribution in [0.3, 0.4) is 0 Å². The van der Waals surface area contributed by atoms with Crippen LogP contribution in [0.4, 0.5) is 0 Å². The van der Waals surface area contributed by atoms with Crippen LogP contribution in [0.5, 0.6) is 0 Å². The Morgan fingerprint density at radius 2 is 2.55 bits per heavy atom. The lowest BCUT2D eigenvalue weighted by molar-refractivity contribution is 0.201. The third kappa shape index (κ3) is 2.54. The number of ether oxygens (including phenoxy) is 1. The smallest absolute Gasteiger partial charge is 0.109 e. The first-order valence-corrected chi connectivity index (χ1v) is 5.08. The van der Waals surface area contributed by atoms with E-state index in [1.54, 1.807) is 18.4 Å². The predicted molar refractivity (Wildman–Crippen MR) is 50.4 cm³/mol. The molecule has 0 aliphatic rings. The zero-order chi connectivity index (χ0) is 8.27. The van der Waals surface area contributed by atoms with Gasteiger partial charge in [0.15, 0.2) is 0 Å². The summed E-state index contributed by atoms with van der Waals surface area (Å²) in [4.78, 5) is 4.56. The largest absolute Gasteiger partial charge is 0.383 e. The minimum Gasteiger partial charge on any atom is -0.383 e. The summed E-state index contributed by atoms with van der Waals surface area (Å²) in [6, 6.07) is 0. The Morgan fingerprint density at radius 1 is 1.82 bits per heavy atom. The number of methoxy groups -OCH3 is 1. The molecule has 0 aliphatic heterocycles. The maximum Gasteiger partial charge on any atom is 0.109 e. The number of thiazole rings is 1. The Bertz CT molecular complexity index is 226. The number of hydrogen-bond acceptors (Lipinski definition) is 3. The molecule has 4 heteroatoms. The van der Waals surface area contributed by atoms with Crippen LogP contribution in [-0.2, 0) is 4.74 Å². The van der Waals surface area contributed by atoms with Crippen molar-refractivity contribution in [3.63, 3.8) is 0 Å². The lowest BCUT2D eigenvalue weighted by Crippen LogP contribution is -1.97. The quantitative estimate of drug-likeness (QED) is 0.752. The van der Waals surface area contributed by atoms with Gasteiger partial charge in [-0.2, -0.15) is 0 Å². The van der Waals surface area contributed by atoms with E-state index in [1.165, 1.54) is 0 Å². The average Bonchev–Trinajstić information content (AvgIpc) is 2.36. The molecule has 1 atom stereocenters. The molecule has 1 aromatic rings. The van der Waals surface area contributed by atoms with E-state index in [4.69, 9.17) is 4.74 Å². The van der Waals surface area contributed by atoms with Crippen molar-refractivity contribution in [3.05, 3.63) is 16.1 Å². The first-order valence-electron chi connectivity index (χ1n) is 3.29. The number of rotatable bonds is 3. The topological polar surface area (TPSA) is 22.1 Å². The second-order valence-corrected chi connectivity index (χ2v) is 4.25. The van der Waals surface area contributed by atoms with Crippen LogP contribution in [0.1, 0.15) is 15.5 Å². The summed E-state index contributed by atoms with van der Waals surface area (Å²) < 4.78 is 4.99. The van der Waals surface area contributed by atoms with E-state index in [-0.39, 0.29) is 4.83 Å². The molecule has 0 spiro atoms.